The van der Waals surface area contributed by atoms with E-state index in [4.69, 9.17) is 5.73 Å². The molecule has 0 saturated carbocycles. The van der Waals surface area contributed by atoms with Crippen molar-refractivity contribution in [1.82, 2.24) is 10.2 Å². The second-order valence-corrected chi connectivity index (χ2v) is 4.45. The van der Waals surface area contributed by atoms with E-state index in [-0.39, 0.29) is 0 Å². The third kappa shape index (κ3) is 1.98. The predicted octanol–water partition coefficient (Wildman–Crippen LogP) is 2.26. The minimum absolute atomic E-state index is 0.531. The lowest BCUT2D eigenvalue weighted by Gasteiger charge is -2.17. The molecule has 4 nitrogen and oxygen atoms in total. The van der Waals surface area contributed by atoms with Gasteiger partial charge in [-0.15, -0.1) is 0 Å². The van der Waals surface area contributed by atoms with E-state index in [0.29, 0.717) is 5.82 Å². The van der Waals surface area contributed by atoms with Crippen LogP contribution in [0, 0.1) is 0 Å². The fraction of sp³-hybridized carbons (Fsp3) is 0.308. The van der Waals surface area contributed by atoms with Gasteiger partial charge in [0.15, 0.2) is 0 Å². The standard InChI is InChI=1S/C13H16N4/c14-13-9-12(15-16-13)10-3-5-11(6-4-10)17-7-1-2-8-17/h3-6,9H,1-2,7-8H2,(H3,14,15,16). The minimum atomic E-state index is 0.531. The van der Waals surface area contributed by atoms with Crippen molar-refractivity contribution >= 4 is 11.5 Å². The molecule has 1 fully saturated rings. The molecule has 1 aromatic carbocycles. The van der Waals surface area contributed by atoms with Crippen LogP contribution in [0.1, 0.15) is 12.8 Å². The average Bonchev–Trinajstić information content (AvgIpc) is 3.00. The Balaban J connectivity index is 1.84. The molecule has 3 rings (SSSR count). The number of rotatable bonds is 2. The quantitative estimate of drug-likeness (QED) is 0.829. The predicted molar refractivity (Wildman–Crippen MR) is 69.9 cm³/mol. The van der Waals surface area contributed by atoms with E-state index < -0.39 is 0 Å². The molecule has 2 aromatic rings. The number of nitrogens with zero attached hydrogens (tertiary/aromatic N) is 2. The lowest BCUT2D eigenvalue weighted by molar-refractivity contribution is 0.949. The van der Waals surface area contributed by atoms with Crippen molar-refractivity contribution in [3.8, 4) is 11.3 Å². The minimum Gasteiger partial charge on any atom is -0.382 e. The number of hydrogen-bond donors (Lipinski definition) is 2. The van der Waals surface area contributed by atoms with Crippen molar-refractivity contribution < 1.29 is 0 Å². The summed E-state index contributed by atoms with van der Waals surface area (Å²) in [4.78, 5) is 2.42. The van der Waals surface area contributed by atoms with Crippen molar-refractivity contribution in [2.24, 2.45) is 0 Å². The maximum Gasteiger partial charge on any atom is 0.145 e. The van der Waals surface area contributed by atoms with Crippen LogP contribution in [0.25, 0.3) is 11.3 Å². The number of nitrogen functional groups attached to an aromatic ring is 1. The Labute approximate surface area is 100 Å². The number of aromatic amines is 1. The monoisotopic (exact) mass is 228 g/mol. The second kappa shape index (κ2) is 4.13. The molecule has 0 bridgehead atoms. The van der Waals surface area contributed by atoms with E-state index >= 15 is 0 Å². The number of H-pyrrole nitrogens is 1. The third-order valence-electron chi connectivity index (χ3n) is 3.25. The summed E-state index contributed by atoms with van der Waals surface area (Å²) in [6, 6.07) is 10.4. The smallest absolute Gasteiger partial charge is 0.145 e. The lowest BCUT2D eigenvalue weighted by atomic mass is 10.1. The van der Waals surface area contributed by atoms with Crippen LogP contribution in [0.4, 0.5) is 11.5 Å². The molecule has 1 saturated heterocycles. The zero-order valence-electron chi connectivity index (χ0n) is 9.69. The van der Waals surface area contributed by atoms with Crippen LogP contribution in [0.15, 0.2) is 30.3 Å². The van der Waals surface area contributed by atoms with Crippen LogP contribution in [-0.4, -0.2) is 23.3 Å². The van der Waals surface area contributed by atoms with Crippen molar-refractivity contribution in [2.75, 3.05) is 23.7 Å². The van der Waals surface area contributed by atoms with Gasteiger partial charge in [0.1, 0.15) is 5.82 Å². The molecule has 1 aliphatic heterocycles. The first-order valence-corrected chi connectivity index (χ1v) is 5.99. The van der Waals surface area contributed by atoms with E-state index in [2.05, 4.69) is 39.4 Å². The molecular weight excluding hydrogens is 212 g/mol. The Morgan fingerprint density at radius 3 is 2.41 bits per heavy atom. The van der Waals surface area contributed by atoms with Crippen LogP contribution in [0.2, 0.25) is 0 Å². The number of nitrogens with two attached hydrogens (primary N) is 1. The van der Waals surface area contributed by atoms with Crippen LogP contribution in [-0.2, 0) is 0 Å². The fourth-order valence-corrected chi connectivity index (χ4v) is 2.31. The number of hydrogen-bond acceptors (Lipinski definition) is 3. The highest BCUT2D eigenvalue weighted by atomic mass is 15.2. The van der Waals surface area contributed by atoms with Gasteiger partial charge in [-0.1, -0.05) is 12.1 Å². The first-order valence-electron chi connectivity index (χ1n) is 5.99. The van der Waals surface area contributed by atoms with Gasteiger partial charge in [0.2, 0.25) is 0 Å². The van der Waals surface area contributed by atoms with Crippen LogP contribution in [0.5, 0.6) is 0 Å². The Morgan fingerprint density at radius 1 is 1.12 bits per heavy atom. The van der Waals surface area contributed by atoms with Gasteiger partial charge in [-0.2, -0.15) is 5.10 Å². The molecule has 0 radical (unpaired) electrons. The van der Waals surface area contributed by atoms with Gasteiger partial charge in [-0.05, 0) is 30.5 Å². The van der Waals surface area contributed by atoms with Crippen molar-refractivity contribution in [1.29, 1.82) is 0 Å². The molecule has 0 amide bonds. The van der Waals surface area contributed by atoms with Gasteiger partial charge in [0.25, 0.3) is 0 Å². The summed E-state index contributed by atoms with van der Waals surface area (Å²) in [6.45, 7) is 2.35. The molecule has 0 atom stereocenters. The average molecular weight is 228 g/mol. The highest BCUT2D eigenvalue weighted by Crippen LogP contribution is 2.24. The maximum absolute atomic E-state index is 5.59. The third-order valence-corrected chi connectivity index (χ3v) is 3.25. The number of anilines is 2. The number of aromatic nitrogens is 2. The zero-order chi connectivity index (χ0) is 11.7. The molecule has 17 heavy (non-hydrogen) atoms. The normalized spacial score (nSPS) is 15.4. The molecule has 1 aromatic heterocycles. The summed E-state index contributed by atoms with van der Waals surface area (Å²) in [6.07, 6.45) is 2.61. The molecule has 4 heteroatoms. The Kier molecular flexibility index (Phi) is 2.48. The summed E-state index contributed by atoms with van der Waals surface area (Å²) >= 11 is 0. The first-order chi connectivity index (χ1) is 8.33. The summed E-state index contributed by atoms with van der Waals surface area (Å²) in [5.41, 5.74) is 8.99. The van der Waals surface area contributed by atoms with Crippen LogP contribution in [0.3, 0.4) is 0 Å². The SMILES string of the molecule is Nc1cc(-c2ccc(N3CCCC3)cc2)[nH]n1. The van der Waals surface area contributed by atoms with E-state index in [1.165, 1.54) is 31.6 Å². The van der Waals surface area contributed by atoms with Gasteiger partial charge in [0, 0.05) is 24.8 Å². The van der Waals surface area contributed by atoms with E-state index in [1.54, 1.807) is 0 Å². The van der Waals surface area contributed by atoms with Crippen molar-refractivity contribution in [2.45, 2.75) is 12.8 Å². The van der Waals surface area contributed by atoms with Gasteiger partial charge in [-0.3, -0.25) is 5.10 Å². The van der Waals surface area contributed by atoms with Gasteiger partial charge >= 0.3 is 0 Å². The molecule has 0 aliphatic carbocycles. The molecular formula is C13H16N4. The highest BCUT2D eigenvalue weighted by molar-refractivity contribution is 5.65. The van der Waals surface area contributed by atoms with Gasteiger partial charge < -0.3 is 10.6 Å². The molecule has 0 spiro atoms. The van der Waals surface area contributed by atoms with Crippen molar-refractivity contribution in [3.63, 3.8) is 0 Å². The van der Waals surface area contributed by atoms with Crippen molar-refractivity contribution in [3.05, 3.63) is 30.3 Å². The summed E-state index contributed by atoms with van der Waals surface area (Å²) in [5, 5.41) is 6.86. The molecule has 1 aliphatic rings. The largest absolute Gasteiger partial charge is 0.382 e. The highest BCUT2D eigenvalue weighted by Gasteiger charge is 2.12. The van der Waals surface area contributed by atoms with E-state index in [1.807, 2.05) is 6.07 Å². The Bertz CT molecular complexity index is 494. The molecule has 3 N–H and O–H groups in total. The molecule has 2 heterocycles. The molecule has 88 valence electrons. The number of benzene rings is 1. The number of nitrogens with one attached hydrogen (secondary N) is 1. The second-order valence-electron chi connectivity index (χ2n) is 4.45. The summed E-state index contributed by atoms with van der Waals surface area (Å²) in [5.74, 6) is 0.531. The molecule has 0 unspecified atom stereocenters. The maximum atomic E-state index is 5.59. The fourth-order valence-electron chi connectivity index (χ4n) is 2.31. The summed E-state index contributed by atoms with van der Waals surface area (Å²) in [7, 11) is 0. The zero-order valence-corrected chi connectivity index (χ0v) is 9.69. The van der Waals surface area contributed by atoms with Crippen LogP contribution < -0.4 is 10.6 Å². The van der Waals surface area contributed by atoms with E-state index in [9.17, 15) is 0 Å². The van der Waals surface area contributed by atoms with Gasteiger partial charge in [-0.25, -0.2) is 0 Å². The Hall–Kier alpha value is -1.97. The Morgan fingerprint density at radius 2 is 1.82 bits per heavy atom. The van der Waals surface area contributed by atoms with E-state index in [0.717, 1.165) is 11.3 Å². The lowest BCUT2D eigenvalue weighted by Crippen LogP contribution is -2.17. The summed E-state index contributed by atoms with van der Waals surface area (Å²) < 4.78 is 0. The van der Waals surface area contributed by atoms with Crippen LogP contribution >= 0.6 is 0 Å². The topological polar surface area (TPSA) is 57.9 Å². The first kappa shape index (κ1) is 10.2. The van der Waals surface area contributed by atoms with Gasteiger partial charge in [0.05, 0.1) is 5.69 Å².